The van der Waals surface area contributed by atoms with Crippen molar-refractivity contribution in [2.24, 2.45) is 15.4 Å². The number of aliphatic imine (C=N–C) groups is 2. The zero-order chi connectivity index (χ0) is 19.4. The van der Waals surface area contributed by atoms with Gasteiger partial charge in [-0.2, -0.15) is 13.2 Å². The van der Waals surface area contributed by atoms with Crippen LogP contribution in [0, 0.1) is 12.3 Å². The second kappa shape index (κ2) is 5.94. The third kappa shape index (κ3) is 3.24. The minimum Gasteiger partial charge on any atom is -0.322 e. The predicted octanol–water partition coefficient (Wildman–Crippen LogP) is 5.39. The zero-order valence-electron chi connectivity index (χ0n) is 15.4. The van der Waals surface area contributed by atoms with Crippen LogP contribution in [0.5, 0.6) is 0 Å². The van der Waals surface area contributed by atoms with Crippen molar-refractivity contribution in [2.45, 2.75) is 26.9 Å². The van der Waals surface area contributed by atoms with Gasteiger partial charge in [0.1, 0.15) is 5.71 Å². The molecule has 0 saturated heterocycles. The maximum atomic E-state index is 13.2. The largest absolute Gasteiger partial charge is 0.416 e. The Labute approximate surface area is 156 Å². The molecule has 0 radical (unpaired) electrons. The Hall–Kier alpha value is -2.63. The fraction of sp³-hybridized carbons (Fsp3) is 0.333. The van der Waals surface area contributed by atoms with Crippen molar-refractivity contribution in [1.29, 1.82) is 0 Å². The van der Waals surface area contributed by atoms with Crippen molar-refractivity contribution in [3.63, 3.8) is 0 Å². The standard InChI is InChI=1S/C21H20F3N3/c1-13-4-6-14(7-5-13)18-19-25-11-20(2,3)12-27(19)17-9-8-15(21(22,23)24)10-16(17)26-18/h4-10H,11-12H2,1-3H3. The fourth-order valence-electron chi connectivity index (χ4n) is 3.42. The molecule has 0 saturated carbocycles. The Bertz CT molecular complexity index is 954. The van der Waals surface area contributed by atoms with Crippen LogP contribution in [0.2, 0.25) is 0 Å². The summed E-state index contributed by atoms with van der Waals surface area (Å²) in [7, 11) is 0. The molecule has 2 aromatic rings. The lowest BCUT2D eigenvalue weighted by Crippen LogP contribution is -2.49. The highest BCUT2D eigenvalue weighted by atomic mass is 19.4. The van der Waals surface area contributed by atoms with Gasteiger partial charge in [-0.15, -0.1) is 0 Å². The van der Waals surface area contributed by atoms with Gasteiger partial charge in [0.15, 0.2) is 5.84 Å². The first kappa shape index (κ1) is 17.8. The van der Waals surface area contributed by atoms with Gasteiger partial charge >= 0.3 is 6.18 Å². The van der Waals surface area contributed by atoms with Crippen LogP contribution >= 0.6 is 0 Å². The van der Waals surface area contributed by atoms with Crippen LogP contribution in [0.25, 0.3) is 0 Å². The summed E-state index contributed by atoms with van der Waals surface area (Å²) in [6.07, 6.45) is -4.40. The molecule has 2 heterocycles. The molecule has 0 amide bonds. The third-order valence-corrected chi connectivity index (χ3v) is 4.86. The molecule has 0 spiro atoms. The Morgan fingerprint density at radius 1 is 1.04 bits per heavy atom. The number of nitrogens with zero attached hydrogens (tertiary/aromatic N) is 3. The van der Waals surface area contributed by atoms with Crippen molar-refractivity contribution < 1.29 is 13.2 Å². The van der Waals surface area contributed by atoms with E-state index in [-0.39, 0.29) is 5.41 Å². The van der Waals surface area contributed by atoms with E-state index in [2.05, 4.69) is 18.8 Å². The first-order valence-electron chi connectivity index (χ1n) is 8.83. The van der Waals surface area contributed by atoms with Crippen molar-refractivity contribution in [3.8, 4) is 0 Å². The van der Waals surface area contributed by atoms with Crippen LogP contribution in [0.3, 0.4) is 0 Å². The van der Waals surface area contributed by atoms with Gasteiger partial charge in [0.25, 0.3) is 0 Å². The summed E-state index contributed by atoms with van der Waals surface area (Å²) in [6.45, 7) is 7.53. The summed E-state index contributed by atoms with van der Waals surface area (Å²) in [4.78, 5) is 11.3. The maximum Gasteiger partial charge on any atom is 0.416 e. The van der Waals surface area contributed by atoms with Gasteiger partial charge in [0, 0.05) is 24.1 Å². The number of alkyl halides is 3. The van der Waals surface area contributed by atoms with Gasteiger partial charge in [-0.3, -0.25) is 4.99 Å². The smallest absolute Gasteiger partial charge is 0.322 e. The highest BCUT2D eigenvalue weighted by molar-refractivity contribution is 6.53. The molecule has 0 aliphatic carbocycles. The van der Waals surface area contributed by atoms with Gasteiger partial charge in [-0.1, -0.05) is 43.7 Å². The molecule has 2 aromatic carbocycles. The lowest BCUT2D eigenvalue weighted by Gasteiger charge is -2.41. The first-order chi connectivity index (χ1) is 12.6. The second-order valence-electron chi connectivity index (χ2n) is 7.92. The van der Waals surface area contributed by atoms with Crippen molar-refractivity contribution in [2.75, 3.05) is 18.0 Å². The predicted molar refractivity (Wildman–Crippen MR) is 102 cm³/mol. The number of hydrogen-bond acceptors (Lipinski definition) is 3. The number of anilines is 1. The molecule has 0 unspecified atom stereocenters. The molecule has 140 valence electrons. The average molecular weight is 371 g/mol. The number of aryl methyl sites for hydroxylation is 1. The minimum absolute atomic E-state index is 0.0702. The lowest BCUT2D eigenvalue weighted by atomic mass is 9.89. The Kier molecular flexibility index (Phi) is 3.91. The number of fused-ring (bicyclic) bond motifs is 3. The fourth-order valence-corrected chi connectivity index (χ4v) is 3.42. The molecule has 3 nitrogen and oxygen atoms in total. The highest BCUT2D eigenvalue weighted by Gasteiger charge is 2.37. The van der Waals surface area contributed by atoms with E-state index < -0.39 is 11.7 Å². The summed E-state index contributed by atoms with van der Waals surface area (Å²) in [5, 5.41) is 0. The van der Waals surface area contributed by atoms with Gasteiger partial charge in [0.2, 0.25) is 0 Å². The molecule has 27 heavy (non-hydrogen) atoms. The molecular formula is C21H20F3N3. The summed E-state index contributed by atoms with van der Waals surface area (Å²) in [5.41, 5.74) is 2.83. The number of amidine groups is 1. The van der Waals surface area contributed by atoms with Crippen LogP contribution in [0.4, 0.5) is 24.5 Å². The van der Waals surface area contributed by atoms with Crippen LogP contribution in [-0.2, 0) is 6.18 Å². The van der Waals surface area contributed by atoms with Crippen molar-refractivity contribution in [1.82, 2.24) is 0 Å². The van der Waals surface area contributed by atoms with Gasteiger partial charge in [-0.25, -0.2) is 4.99 Å². The maximum absolute atomic E-state index is 13.2. The van der Waals surface area contributed by atoms with Crippen LogP contribution in [-0.4, -0.2) is 24.6 Å². The van der Waals surface area contributed by atoms with Crippen LogP contribution < -0.4 is 4.90 Å². The Balaban J connectivity index is 1.91. The molecule has 0 fully saturated rings. The number of hydrogen-bond donors (Lipinski definition) is 0. The molecule has 6 heteroatoms. The van der Waals surface area contributed by atoms with E-state index in [0.29, 0.717) is 30.2 Å². The number of benzene rings is 2. The van der Waals surface area contributed by atoms with E-state index in [4.69, 9.17) is 4.99 Å². The third-order valence-electron chi connectivity index (χ3n) is 4.86. The van der Waals surface area contributed by atoms with Crippen molar-refractivity contribution >= 4 is 22.9 Å². The molecular weight excluding hydrogens is 351 g/mol. The van der Waals surface area contributed by atoms with Gasteiger partial charge < -0.3 is 4.90 Å². The quantitative estimate of drug-likeness (QED) is 0.660. The molecule has 0 atom stereocenters. The second-order valence-corrected chi connectivity index (χ2v) is 7.92. The number of rotatable bonds is 1. The minimum atomic E-state index is -4.40. The van der Waals surface area contributed by atoms with E-state index in [1.807, 2.05) is 36.1 Å². The van der Waals surface area contributed by atoms with Crippen molar-refractivity contribution in [3.05, 3.63) is 59.2 Å². The summed E-state index contributed by atoms with van der Waals surface area (Å²) >= 11 is 0. The summed E-state index contributed by atoms with van der Waals surface area (Å²) in [5.74, 6) is 0.727. The van der Waals surface area contributed by atoms with E-state index in [1.165, 1.54) is 6.07 Å². The highest BCUT2D eigenvalue weighted by Crippen LogP contribution is 2.41. The Morgan fingerprint density at radius 3 is 2.41 bits per heavy atom. The molecule has 0 bridgehead atoms. The summed E-state index contributed by atoms with van der Waals surface area (Å²) in [6, 6.07) is 11.6. The average Bonchev–Trinajstić information content (AvgIpc) is 2.59. The van der Waals surface area contributed by atoms with E-state index in [0.717, 1.165) is 29.1 Å². The van der Waals surface area contributed by atoms with E-state index >= 15 is 0 Å². The van der Waals surface area contributed by atoms with Gasteiger partial charge in [-0.05, 0) is 25.1 Å². The monoisotopic (exact) mass is 371 g/mol. The van der Waals surface area contributed by atoms with E-state index in [1.54, 1.807) is 0 Å². The molecule has 2 aliphatic heterocycles. The van der Waals surface area contributed by atoms with Gasteiger partial charge in [0.05, 0.1) is 16.9 Å². The first-order valence-corrected chi connectivity index (χ1v) is 8.83. The van der Waals surface area contributed by atoms with E-state index in [9.17, 15) is 13.2 Å². The molecule has 2 aliphatic rings. The Morgan fingerprint density at radius 2 is 1.74 bits per heavy atom. The number of halogens is 3. The summed E-state index contributed by atoms with van der Waals surface area (Å²) < 4.78 is 39.6. The molecule has 4 rings (SSSR count). The topological polar surface area (TPSA) is 28.0 Å². The van der Waals surface area contributed by atoms with Crippen LogP contribution in [0.1, 0.15) is 30.5 Å². The molecule has 0 N–H and O–H groups in total. The SMILES string of the molecule is Cc1ccc(C2=Nc3cc(C(F)(F)F)ccc3N3CC(C)(C)CN=C23)cc1. The zero-order valence-corrected chi connectivity index (χ0v) is 15.4. The molecule has 0 aromatic heterocycles. The lowest BCUT2D eigenvalue weighted by molar-refractivity contribution is -0.137. The van der Waals surface area contributed by atoms with Crippen LogP contribution in [0.15, 0.2) is 52.4 Å². The normalized spacial score (nSPS) is 18.4.